The predicted molar refractivity (Wildman–Crippen MR) is 160 cm³/mol. The van der Waals surface area contributed by atoms with Crippen LogP contribution in [0.25, 0.3) is 16.8 Å². The minimum atomic E-state index is -0.236. The fraction of sp³-hybridized carbons (Fsp3) is 0.129. The topological polar surface area (TPSA) is 48.3 Å². The molecule has 0 bridgehead atoms. The molecule has 0 fully saturated rings. The second-order valence-corrected chi connectivity index (χ2v) is 11.0. The van der Waals surface area contributed by atoms with Gasteiger partial charge in [0.15, 0.2) is 5.84 Å². The van der Waals surface area contributed by atoms with Crippen LogP contribution in [0.15, 0.2) is 106 Å². The van der Waals surface area contributed by atoms with Crippen molar-refractivity contribution in [3.8, 4) is 0 Å². The number of hydrogen-bond donors (Lipinski definition) is 0. The number of carbonyl (C=O) groups excluding carboxylic acids is 1. The Balaban J connectivity index is 1.40. The number of fused-ring (bicyclic) bond motifs is 1. The molecule has 0 radical (unpaired) electrons. The molecule has 4 aromatic rings. The van der Waals surface area contributed by atoms with E-state index in [9.17, 15) is 4.79 Å². The number of carbonyl (C=O) groups is 1. The number of hydrogen-bond acceptors (Lipinski definition) is 5. The molecule has 0 saturated carbocycles. The number of nitrogens with zero attached hydrogens (tertiary/aromatic N) is 4. The second kappa shape index (κ2) is 10.1. The number of hydrazone groups is 1. The maximum absolute atomic E-state index is 12.6. The summed E-state index contributed by atoms with van der Waals surface area (Å²) in [7, 11) is 4.03. The van der Waals surface area contributed by atoms with Crippen LogP contribution in [0.3, 0.4) is 0 Å². The third-order valence-corrected chi connectivity index (χ3v) is 7.83. The maximum Gasteiger partial charge on any atom is 0.311 e. The van der Waals surface area contributed by atoms with E-state index in [1.807, 2.05) is 73.7 Å². The first-order chi connectivity index (χ1) is 18.4. The van der Waals surface area contributed by atoms with E-state index < -0.39 is 0 Å². The zero-order chi connectivity index (χ0) is 26.2. The van der Waals surface area contributed by atoms with Crippen LogP contribution in [-0.4, -0.2) is 35.9 Å². The van der Waals surface area contributed by atoms with Gasteiger partial charge in [0.05, 0.1) is 16.7 Å². The minimum absolute atomic E-state index is 0.112. The van der Waals surface area contributed by atoms with Crippen LogP contribution >= 0.6 is 23.4 Å². The molecule has 0 spiro atoms. The number of amides is 1. The Morgan fingerprint density at radius 1 is 0.947 bits per heavy atom. The van der Waals surface area contributed by atoms with E-state index in [1.54, 1.807) is 0 Å². The van der Waals surface area contributed by atoms with Crippen molar-refractivity contribution in [1.82, 2.24) is 5.01 Å². The van der Waals surface area contributed by atoms with Gasteiger partial charge in [0.1, 0.15) is 0 Å². The monoisotopic (exact) mass is 536 g/mol. The number of rotatable bonds is 4. The molecule has 0 aliphatic carbocycles. The summed E-state index contributed by atoms with van der Waals surface area (Å²) in [4.78, 5) is 19.8. The molecule has 1 amide bonds. The summed E-state index contributed by atoms with van der Waals surface area (Å²) in [5, 5.41) is 9.77. The molecule has 0 saturated heterocycles. The lowest BCUT2D eigenvalue weighted by Crippen LogP contribution is -2.26. The van der Waals surface area contributed by atoms with E-state index >= 15 is 0 Å². The van der Waals surface area contributed by atoms with E-state index in [4.69, 9.17) is 16.7 Å². The van der Waals surface area contributed by atoms with Crippen LogP contribution in [0.1, 0.15) is 29.2 Å². The van der Waals surface area contributed by atoms with Crippen molar-refractivity contribution >= 4 is 62.7 Å². The zero-order valence-corrected chi connectivity index (χ0v) is 22.6. The number of amidine groups is 1. The van der Waals surface area contributed by atoms with Gasteiger partial charge in [0.25, 0.3) is 0 Å². The summed E-state index contributed by atoms with van der Waals surface area (Å²) in [5.41, 5.74) is 5.20. The van der Waals surface area contributed by atoms with Crippen molar-refractivity contribution in [1.29, 1.82) is 0 Å². The molecule has 0 N–H and O–H groups in total. The number of thioether (sulfide) groups is 1. The van der Waals surface area contributed by atoms with Gasteiger partial charge in [-0.2, -0.15) is 10.1 Å². The van der Waals surface area contributed by atoms with Crippen LogP contribution in [0.4, 0.5) is 10.5 Å². The van der Waals surface area contributed by atoms with Gasteiger partial charge >= 0.3 is 5.24 Å². The fourth-order valence-corrected chi connectivity index (χ4v) is 5.65. The molecule has 4 aromatic carbocycles. The molecule has 1 atom stereocenters. The molecule has 6 rings (SSSR count). The molecule has 2 aliphatic heterocycles. The highest BCUT2D eigenvalue weighted by molar-refractivity contribution is 8.18. The quantitative estimate of drug-likeness (QED) is 0.265. The molecule has 188 valence electrons. The van der Waals surface area contributed by atoms with Gasteiger partial charge in [-0.3, -0.25) is 4.79 Å². The number of aliphatic imine (C=N–C) groups is 1. The van der Waals surface area contributed by atoms with Crippen molar-refractivity contribution in [3.05, 3.63) is 118 Å². The van der Waals surface area contributed by atoms with Gasteiger partial charge in [0.2, 0.25) is 0 Å². The predicted octanol–water partition coefficient (Wildman–Crippen LogP) is 8.02. The van der Waals surface area contributed by atoms with Crippen LogP contribution in [0, 0.1) is 0 Å². The first kappa shape index (κ1) is 24.5. The molecule has 1 unspecified atom stereocenters. The van der Waals surface area contributed by atoms with Crippen molar-refractivity contribution in [2.45, 2.75) is 12.5 Å². The minimum Gasteiger partial charge on any atom is -0.378 e. The lowest BCUT2D eigenvalue weighted by atomic mass is 9.97. The van der Waals surface area contributed by atoms with Crippen LogP contribution in [-0.2, 0) is 0 Å². The van der Waals surface area contributed by atoms with Gasteiger partial charge in [-0.05, 0) is 75.6 Å². The van der Waals surface area contributed by atoms with E-state index in [0.29, 0.717) is 17.3 Å². The molecule has 2 heterocycles. The molecule has 0 aromatic heterocycles. The maximum atomic E-state index is 12.6. The van der Waals surface area contributed by atoms with E-state index in [-0.39, 0.29) is 11.3 Å². The average Bonchev–Trinajstić information content (AvgIpc) is 3.52. The Morgan fingerprint density at radius 2 is 1.68 bits per heavy atom. The van der Waals surface area contributed by atoms with Gasteiger partial charge in [-0.15, -0.1) is 0 Å². The van der Waals surface area contributed by atoms with Gasteiger partial charge in [0, 0.05) is 31.2 Å². The second-order valence-electron chi connectivity index (χ2n) is 9.52. The first-order valence-electron chi connectivity index (χ1n) is 12.4. The van der Waals surface area contributed by atoms with Crippen LogP contribution < -0.4 is 4.90 Å². The first-order valence-corrected chi connectivity index (χ1v) is 13.6. The summed E-state index contributed by atoms with van der Waals surface area (Å²) < 4.78 is 0. The number of anilines is 1. The van der Waals surface area contributed by atoms with E-state index in [0.717, 1.165) is 44.8 Å². The Hall–Kier alpha value is -3.87. The highest BCUT2D eigenvalue weighted by Crippen LogP contribution is 2.40. The standard InChI is InChI=1S/C31H25ClN4OS/c1-35(2)26-15-7-20(8-16-26)17-29-30(33-31(37)38-29)36-28(22-11-13-25(32)14-12-22)19-27(34-36)24-10-9-21-5-3-4-6-23(21)18-24/h3-18,28H,19H2,1-2H3/b29-17-. The molecule has 38 heavy (non-hydrogen) atoms. The van der Waals surface area contributed by atoms with Gasteiger partial charge < -0.3 is 4.90 Å². The average molecular weight is 537 g/mol. The van der Waals surface area contributed by atoms with Crippen LogP contribution in [0.5, 0.6) is 0 Å². The van der Waals surface area contributed by atoms with Gasteiger partial charge in [-0.1, -0.05) is 72.3 Å². The zero-order valence-electron chi connectivity index (χ0n) is 21.0. The highest BCUT2D eigenvalue weighted by atomic mass is 35.5. The smallest absolute Gasteiger partial charge is 0.311 e. The molecule has 7 heteroatoms. The van der Waals surface area contributed by atoms with Crippen molar-refractivity contribution in [3.63, 3.8) is 0 Å². The fourth-order valence-electron chi connectivity index (χ4n) is 4.78. The Kier molecular flexibility index (Phi) is 6.52. The van der Waals surface area contributed by atoms with Crippen molar-refractivity contribution in [2.75, 3.05) is 19.0 Å². The molecular weight excluding hydrogens is 512 g/mol. The number of benzene rings is 4. The number of halogens is 1. The normalized spacial score (nSPS) is 18.3. The highest BCUT2D eigenvalue weighted by Gasteiger charge is 2.37. The summed E-state index contributed by atoms with van der Waals surface area (Å²) in [6.45, 7) is 0. The van der Waals surface area contributed by atoms with Crippen LogP contribution in [0.2, 0.25) is 5.02 Å². The molecule has 2 aliphatic rings. The van der Waals surface area contributed by atoms with Crippen molar-refractivity contribution < 1.29 is 4.79 Å². The van der Waals surface area contributed by atoms with E-state index in [2.05, 4.69) is 52.4 Å². The molecular formula is C31H25ClN4OS. The Labute approximate surface area is 231 Å². The van der Waals surface area contributed by atoms with Crippen molar-refractivity contribution in [2.24, 2.45) is 10.1 Å². The third kappa shape index (κ3) is 4.85. The lowest BCUT2D eigenvalue weighted by Gasteiger charge is -2.24. The third-order valence-electron chi connectivity index (χ3n) is 6.79. The summed E-state index contributed by atoms with van der Waals surface area (Å²) in [5.74, 6) is 0.576. The largest absolute Gasteiger partial charge is 0.378 e. The summed E-state index contributed by atoms with van der Waals surface area (Å²) in [6.07, 6.45) is 2.69. The van der Waals surface area contributed by atoms with Gasteiger partial charge in [-0.25, -0.2) is 5.01 Å². The Morgan fingerprint density at radius 3 is 2.42 bits per heavy atom. The van der Waals surface area contributed by atoms with E-state index in [1.165, 1.54) is 10.8 Å². The summed E-state index contributed by atoms with van der Waals surface area (Å²) in [6, 6.07) is 30.7. The Bertz CT molecular complexity index is 1620. The SMILES string of the molecule is CN(C)c1ccc(/C=C2\SC(=O)N=C2N2N=C(c3ccc4ccccc4c3)CC2c2ccc(Cl)cc2)cc1. The summed E-state index contributed by atoms with van der Waals surface area (Å²) >= 11 is 7.34. The molecule has 5 nitrogen and oxygen atoms in total. The lowest BCUT2D eigenvalue weighted by molar-refractivity contribution is 0.267.